The van der Waals surface area contributed by atoms with Crippen LogP contribution in [-0.2, 0) is 19.2 Å². The van der Waals surface area contributed by atoms with E-state index in [0.717, 1.165) is 18.2 Å². The number of thiazole rings is 1. The van der Waals surface area contributed by atoms with Crippen molar-refractivity contribution in [3.8, 4) is 11.5 Å². The van der Waals surface area contributed by atoms with Gasteiger partial charge in [0.1, 0.15) is 12.2 Å². The highest BCUT2D eigenvalue weighted by atomic mass is 32.1. The first-order chi connectivity index (χ1) is 15.7. The molecule has 3 aromatic rings. The van der Waals surface area contributed by atoms with E-state index in [9.17, 15) is 28.1 Å². The van der Waals surface area contributed by atoms with Crippen LogP contribution in [0.15, 0.2) is 47.3 Å². The van der Waals surface area contributed by atoms with Gasteiger partial charge in [-0.2, -0.15) is 13.2 Å². The first-order valence-electron chi connectivity index (χ1n) is 9.49. The zero-order chi connectivity index (χ0) is 24.0. The summed E-state index contributed by atoms with van der Waals surface area (Å²) in [6.45, 7) is 0.126. The highest BCUT2D eigenvalue weighted by Gasteiger charge is 2.30. The van der Waals surface area contributed by atoms with Crippen LogP contribution in [0.1, 0.15) is 27.2 Å². The van der Waals surface area contributed by atoms with Gasteiger partial charge in [-0.05, 0) is 24.1 Å². The maximum Gasteiger partial charge on any atom is 0.416 e. The summed E-state index contributed by atoms with van der Waals surface area (Å²) in [6.07, 6.45) is -4.19. The number of aromatic nitrogens is 1. The number of nitro benzene ring substituents is 1. The minimum absolute atomic E-state index is 0.0613. The molecule has 0 aliphatic heterocycles. The molecule has 1 N–H and O–H groups in total. The molecule has 0 saturated heterocycles. The van der Waals surface area contributed by atoms with E-state index in [1.807, 2.05) is 0 Å². The summed E-state index contributed by atoms with van der Waals surface area (Å²) in [4.78, 5) is 27.5. The third-order valence-electron chi connectivity index (χ3n) is 4.56. The Bertz CT molecular complexity index is 1120. The van der Waals surface area contributed by atoms with Gasteiger partial charge in [0.25, 0.3) is 11.6 Å². The smallest absolute Gasteiger partial charge is 0.416 e. The van der Waals surface area contributed by atoms with E-state index in [0.29, 0.717) is 11.3 Å². The molecule has 8 nitrogen and oxygen atoms in total. The topological polar surface area (TPSA) is 104 Å². The van der Waals surface area contributed by atoms with Gasteiger partial charge < -0.3 is 14.8 Å². The summed E-state index contributed by atoms with van der Waals surface area (Å²) in [5.41, 5.74) is 1.35. The second kappa shape index (κ2) is 10.3. The summed E-state index contributed by atoms with van der Waals surface area (Å²) in [5.74, 6) is -0.514. The third kappa shape index (κ3) is 6.19. The molecule has 174 valence electrons. The lowest BCUT2D eigenvalue weighted by Crippen LogP contribution is -2.26. The number of nitro groups is 1. The number of hydrogen-bond donors (Lipinski definition) is 1. The number of methoxy groups -OCH3 is 1. The van der Waals surface area contributed by atoms with Gasteiger partial charge in [0.05, 0.1) is 34.9 Å². The molecule has 0 fully saturated rings. The van der Waals surface area contributed by atoms with Crippen LogP contribution in [0.2, 0.25) is 0 Å². The molecule has 0 radical (unpaired) electrons. The molecule has 0 spiro atoms. The number of amides is 1. The fraction of sp³-hybridized carbons (Fsp3) is 0.238. The Morgan fingerprint density at radius 3 is 2.52 bits per heavy atom. The van der Waals surface area contributed by atoms with E-state index in [4.69, 9.17) is 9.47 Å². The van der Waals surface area contributed by atoms with Crippen LogP contribution in [0.3, 0.4) is 0 Å². The van der Waals surface area contributed by atoms with Crippen LogP contribution < -0.4 is 14.8 Å². The summed E-state index contributed by atoms with van der Waals surface area (Å²) in [5, 5.41) is 15.9. The van der Waals surface area contributed by atoms with Crippen molar-refractivity contribution in [3.05, 3.63) is 79.8 Å². The lowest BCUT2D eigenvalue weighted by atomic mass is 10.1. The summed E-state index contributed by atoms with van der Waals surface area (Å²) in [6, 6.07) is 6.86. The van der Waals surface area contributed by atoms with Crippen molar-refractivity contribution < 1.29 is 32.4 Å². The molecule has 0 saturated carbocycles. The second-order valence-corrected chi connectivity index (χ2v) is 7.47. The first-order valence-corrected chi connectivity index (χ1v) is 10.4. The maximum atomic E-state index is 12.6. The molecule has 0 aliphatic carbocycles. The Hall–Kier alpha value is -3.67. The molecular formula is C21H18F3N3O5S. The Balaban J connectivity index is 1.70. The number of hydrogen-bond acceptors (Lipinski definition) is 7. The zero-order valence-electron chi connectivity index (χ0n) is 17.2. The van der Waals surface area contributed by atoms with Crippen LogP contribution in [0, 0.1) is 10.1 Å². The van der Waals surface area contributed by atoms with Crippen molar-refractivity contribution in [1.82, 2.24) is 10.3 Å². The van der Waals surface area contributed by atoms with Crippen LogP contribution in [0.4, 0.5) is 18.9 Å². The van der Waals surface area contributed by atoms with Gasteiger partial charge in [-0.3, -0.25) is 14.9 Å². The van der Waals surface area contributed by atoms with Gasteiger partial charge in [-0.1, -0.05) is 12.1 Å². The van der Waals surface area contributed by atoms with Gasteiger partial charge in [0, 0.05) is 18.0 Å². The number of alkyl halides is 3. The monoisotopic (exact) mass is 481 g/mol. The van der Waals surface area contributed by atoms with E-state index < -0.39 is 28.3 Å². The molecule has 0 unspecified atom stereocenters. The van der Waals surface area contributed by atoms with Crippen molar-refractivity contribution in [2.24, 2.45) is 0 Å². The molecular weight excluding hydrogens is 463 g/mol. The number of benzene rings is 2. The van der Waals surface area contributed by atoms with Crippen LogP contribution >= 0.6 is 11.3 Å². The Kier molecular flexibility index (Phi) is 7.48. The Morgan fingerprint density at radius 1 is 1.21 bits per heavy atom. The van der Waals surface area contributed by atoms with E-state index in [2.05, 4.69) is 10.3 Å². The van der Waals surface area contributed by atoms with Gasteiger partial charge in [-0.15, -0.1) is 11.3 Å². The molecule has 2 aromatic carbocycles. The lowest BCUT2D eigenvalue weighted by molar-refractivity contribution is -0.385. The Morgan fingerprint density at radius 2 is 1.94 bits per heavy atom. The minimum atomic E-state index is -4.43. The molecule has 0 aliphatic rings. The predicted octanol–water partition coefficient (Wildman–Crippen LogP) is 4.63. The number of carbonyl (C=O) groups is 1. The predicted molar refractivity (Wildman–Crippen MR) is 114 cm³/mol. The number of ether oxygens (including phenoxy) is 2. The molecule has 3 rings (SSSR count). The average Bonchev–Trinajstić information content (AvgIpc) is 3.30. The van der Waals surface area contributed by atoms with Crippen LogP contribution in [0.5, 0.6) is 11.5 Å². The third-order valence-corrected chi connectivity index (χ3v) is 5.20. The van der Waals surface area contributed by atoms with Crippen molar-refractivity contribution in [3.63, 3.8) is 0 Å². The maximum absolute atomic E-state index is 12.6. The molecule has 1 amide bonds. The largest absolute Gasteiger partial charge is 0.493 e. The van der Waals surface area contributed by atoms with Crippen molar-refractivity contribution in [2.45, 2.75) is 19.2 Å². The average molecular weight is 481 g/mol. The van der Waals surface area contributed by atoms with Crippen LogP contribution in [-0.4, -0.2) is 29.5 Å². The number of carbonyl (C=O) groups excluding carboxylic acids is 1. The van der Waals surface area contributed by atoms with E-state index in [1.54, 1.807) is 10.9 Å². The van der Waals surface area contributed by atoms with E-state index in [1.165, 1.54) is 36.6 Å². The summed E-state index contributed by atoms with van der Waals surface area (Å²) >= 11 is 1.37. The Labute approximate surface area is 190 Å². The molecule has 33 heavy (non-hydrogen) atoms. The molecule has 1 heterocycles. The summed E-state index contributed by atoms with van der Waals surface area (Å²) < 4.78 is 48.7. The van der Waals surface area contributed by atoms with Gasteiger partial charge in [0.2, 0.25) is 0 Å². The number of nitrogens with zero attached hydrogens (tertiary/aromatic N) is 2. The fourth-order valence-corrected chi connectivity index (χ4v) is 3.43. The van der Waals surface area contributed by atoms with E-state index in [-0.39, 0.29) is 36.6 Å². The van der Waals surface area contributed by atoms with Crippen molar-refractivity contribution in [1.29, 1.82) is 0 Å². The quantitative estimate of drug-likeness (QED) is 0.353. The highest BCUT2D eigenvalue weighted by molar-refractivity contribution is 7.07. The number of rotatable bonds is 9. The van der Waals surface area contributed by atoms with Gasteiger partial charge in [-0.25, -0.2) is 4.98 Å². The normalized spacial score (nSPS) is 11.2. The highest BCUT2D eigenvalue weighted by Crippen LogP contribution is 2.35. The van der Waals surface area contributed by atoms with Crippen molar-refractivity contribution in [2.75, 3.05) is 13.7 Å². The molecule has 0 atom stereocenters. The van der Waals surface area contributed by atoms with Gasteiger partial charge in [0.15, 0.2) is 11.5 Å². The number of nitrogens with one attached hydrogen (secondary N) is 1. The molecule has 1 aromatic heterocycles. The zero-order valence-corrected chi connectivity index (χ0v) is 18.0. The molecule has 12 heteroatoms. The van der Waals surface area contributed by atoms with E-state index >= 15 is 0 Å². The number of halogens is 3. The fourth-order valence-electron chi connectivity index (χ4n) is 2.89. The molecule has 0 bridgehead atoms. The van der Waals surface area contributed by atoms with Crippen molar-refractivity contribution >= 4 is 22.9 Å². The first kappa shape index (κ1) is 24.0. The summed E-state index contributed by atoms with van der Waals surface area (Å²) in [7, 11) is 1.34. The standard InChI is InChI=1S/C21H18F3N3O5S/c1-31-18-8-16(17(27(29)30)9-19(18)32-10-15-11-33-12-26-15)20(28)25-7-6-13-2-4-14(5-3-13)21(22,23)24/h2-5,8-9,11-12H,6-7,10H2,1H3,(H,25,28). The lowest BCUT2D eigenvalue weighted by Gasteiger charge is -2.13. The second-order valence-electron chi connectivity index (χ2n) is 6.75. The SMILES string of the molecule is COc1cc(C(=O)NCCc2ccc(C(F)(F)F)cc2)c([N+](=O)[O-])cc1OCc1cscn1. The van der Waals surface area contributed by atoms with Gasteiger partial charge >= 0.3 is 6.18 Å². The minimum Gasteiger partial charge on any atom is -0.493 e. The van der Waals surface area contributed by atoms with Crippen LogP contribution in [0.25, 0.3) is 0 Å².